The van der Waals surface area contributed by atoms with E-state index in [9.17, 15) is 4.79 Å². The number of hydrogen-bond donors (Lipinski definition) is 1. The molecule has 1 N–H and O–H groups in total. The van der Waals surface area contributed by atoms with Gasteiger partial charge in [-0.05, 0) is 29.0 Å². The van der Waals surface area contributed by atoms with Crippen molar-refractivity contribution in [2.24, 2.45) is 0 Å². The third kappa shape index (κ3) is 4.97. The van der Waals surface area contributed by atoms with Crippen molar-refractivity contribution in [2.45, 2.75) is 6.61 Å². The van der Waals surface area contributed by atoms with E-state index in [1.807, 2.05) is 17.0 Å². The number of rotatable bonds is 6. The molecule has 0 spiro atoms. The van der Waals surface area contributed by atoms with E-state index in [-0.39, 0.29) is 5.91 Å². The second-order valence-corrected chi connectivity index (χ2v) is 7.48. The van der Waals surface area contributed by atoms with Gasteiger partial charge in [-0.3, -0.25) is 10.1 Å². The number of amides is 1. The molecule has 3 aromatic rings. The van der Waals surface area contributed by atoms with Crippen LogP contribution in [0.3, 0.4) is 0 Å². The number of aromatic nitrogens is 4. The molecule has 1 fully saturated rings. The molecule has 0 radical (unpaired) electrons. The molecule has 150 valence electrons. The van der Waals surface area contributed by atoms with Gasteiger partial charge in [0.25, 0.3) is 11.1 Å². The summed E-state index contributed by atoms with van der Waals surface area (Å²) in [6.07, 6.45) is 2.92. The number of benzene rings is 1. The fraction of sp³-hybridized carbons (Fsp3) is 0.278. The highest BCUT2D eigenvalue weighted by Gasteiger charge is 2.21. The monoisotopic (exact) mass is 432 g/mol. The van der Waals surface area contributed by atoms with Gasteiger partial charge in [-0.1, -0.05) is 28.8 Å². The maximum absolute atomic E-state index is 12.7. The molecule has 4 rings (SSSR count). The lowest BCUT2D eigenvalue weighted by Crippen LogP contribution is -2.38. The van der Waals surface area contributed by atoms with Crippen LogP contribution in [0.15, 0.2) is 36.8 Å². The Balaban J connectivity index is 1.40. The Bertz CT molecular complexity index is 978. The highest BCUT2D eigenvalue weighted by atomic mass is 35.5. The zero-order valence-corrected chi connectivity index (χ0v) is 16.8. The maximum atomic E-state index is 12.7. The Morgan fingerprint density at radius 2 is 2.03 bits per heavy atom. The molecule has 9 nitrogen and oxygen atoms in total. The average Bonchev–Trinajstić information content (AvgIpc) is 3.21. The first-order chi connectivity index (χ1) is 14.2. The summed E-state index contributed by atoms with van der Waals surface area (Å²) in [5.41, 5.74) is 1.32. The smallest absolute Gasteiger partial charge is 0.296 e. The first kappa shape index (κ1) is 19.5. The fourth-order valence-corrected chi connectivity index (χ4v) is 3.44. The van der Waals surface area contributed by atoms with E-state index < -0.39 is 0 Å². The molecule has 1 amide bonds. The number of ether oxygens (including phenoxy) is 2. The van der Waals surface area contributed by atoms with Gasteiger partial charge >= 0.3 is 0 Å². The van der Waals surface area contributed by atoms with Crippen molar-refractivity contribution in [1.29, 1.82) is 0 Å². The molecule has 2 aromatic heterocycles. The summed E-state index contributed by atoms with van der Waals surface area (Å²) >= 11 is 7.02. The Kier molecular flexibility index (Phi) is 6.13. The maximum Gasteiger partial charge on any atom is 0.296 e. The summed E-state index contributed by atoms with van der Waals surface area (Å²) in [6, 6.07) is 7.32. The minimum Gasteiger partial charge on any atom is -0.464 e. The number of anilines is 2. The molecule has 1 aromatic carbocycles. The lowest BCUT2D eigenvalue weighted by atomic mass is 10.2. The van der Waals surface area contributed by atoms with Gasteiger partial charge in [-0.15, -0.1) is 5.10 Å². The molecule has 1 aliphatic rings. The number of nitrogens with zero attached hydrogens (tertiary/aromatic N) is 5. The van der Waals surface area contributed by atoms with Crippen LogP contribution in [0.2, 0.25) is 5.02 Å². The Morgan fingerprint density at radius 1 is 1.24 bits per heavy atom. The van der Waals surface area contributed by atoms with E-state index in [0.717, 1.165) is 16.9 Å². The number of morpholine rings is 1. The van der Waals surface area contributed by atoms with Crippen molar-refractivity contribution >= 4 is 39.8 Å². The summed E-state index contributed by atoms with van der Waals surface area (Å²) in [5.74, 6) is 0.219. The van der Waals surface area contributed by atoms with Crippen LogP contribution in [-0.2, 0) is 11.3 Å². The number of hydrogen-bond acceptors (Lipinski definition) is 9. The van der Waals surface area contributed by atoms with Crippen molar-refractivity contribution < 1.29 is 14.3 Å². The van der Waals surface area contributed by atoms with Crippen LogP contribution in [0, 0.1) is 0 Å². The third-order valence-corrected chi connectivity index (χ3v) is 5.15. The van der Waals surface area contributed by atoms with Crippen LogP contribution in [0.4, 0.5) is 10.9 Å². The molecule has 3 heterocycles. The number of nitrogens with one attached hydrogen (secondary N) is 1. The number of halogens is 1. The summed E-state index contributed by atoms with van der Waals surface area (Å²) in [5, 5.41) is 12.0. The Hall–Kier alpha value is -2.82. The normalized spacial score (nSPS) is 13.9. The summed E-state index contributed by atoms with van der Waals surface area (Å²) in [4.78, 5) is 23.0. The zero-order chi connectivity index (χ0) is 20.1. The number of carbonyl (C=O) groups excluding carboxylic acids is 1. The molecule has 1 saturated heterocycles. The van der Waals surface area contributed by atoms with Crippen molar-refractivity contribution in [3.8, 4) is 5.19 Å². The largest absolute Gasteiger partial charge is 0.464 e. The lowest BCUT2D eigenvalue weighted by Gasteiger charge is -2.28. The van der Waals surface area contributed by atoms with E-state index in [2.05, 4.69) is 25.5 Å². The van der Waals surface area contributed by atoms with Crippen LogP contribution < -0.4 is 15.0 Å². The van der Waals surface area contributed by atoms with Gasteiger partial charge < -0.3 is 14.4 Å². The van der Waals surface area contributed by atoms with Crippen LogP contribution in [0.5, 0.6) is 5.19 Å². The van der Waals surface area contributed by atoms with E-state index >= 15 is 0 Å². The average molecular weight is 433 g/mol. The number of carbonyl (C=O) groups is 1. The van der Waals surface area contributed by atoms with Crippen molar-refractivity contribution in [2.75, 3.05) is 36.5 Å². The van der Waals surface area contributed by atoms with Crippen molar-refractivity contribution in [1.82, 2.24) is 20.2 Å². The molecule has 0 unspecified atom stereocenters. The zero-order valence-electron chi connectivity index (χ0n) is 15.2. The Morgan fingerprint density at radius 3 is 2.83 bits per heavy atom. The molecule has 29 heavy (non-hydrogen) atoms. The second-order valence-electron chi connectivity index (χ2n) is 6.10. The first-order valence-electron chi connectivity index (χ1n) is 8.84. The van der Waals surface area contributed by atoms with E-state index in [1.54, 1.807) is 12.1 Å². The van der Waals surface area contributed by atoms with Gasteiger partial charge in [-0.25, -0.2) is 9.97 Å². The van der Waals surface area contributed by atoms with E-state index in [0.29, 0.717) is 59.6 Å². The predicted molar refractivity (Wildman–Crippen MR) is 109 cm³/mol. The molecular weight excluding hydrogens is 416 g/mol. The summed E-state index contributed by atoms with van der Waals surface area (Å²) in [7, 11) is 0. The Labute approximate surface area is 175 Å². The highest BCUT2D eigenvalue weighted by Crippen LogP contribution is 2.25. The molecular formula is C18H17ClN6O3S. The topological polar surface area (TPSA) is 102 Å². The minimum absolute atomic E-state index is 0.327. The molecule has 0 saturated carbocycles. The lowest BCUT2D eigenvalue weighted by molar-refractivity contribution is 0.102. The SMILES string of the molecule is O=C(Nc1nnc(OCc2ccc(Cl)cc2)s1)c1cncnc1N1CCOCC1. The van der Waals surface area contributed by atoms with Crippen LogP contribution in [0.1, 0.15) is 15.9 Å². The van der Waals surface area contributed by atoms with Crippen LogP contribution >= 0.6 is 22.9 Å². The van der Waals surface area contributed by atoms with Gasteiger partial charge in [0.15, 0.2) is 0 Å². The molecule has 0 aliphatic carbocycles. The summed E-state index contributed by atoms with van der Waals surface area (Å²) < 4.78 is 11.0. The fourth-order valence-electron chi connectivity index (χ4n) is 2.72. The molecule has 0 bridgehead atoms. The predicted octanol–water partition coefficient (Wildman–Crippen LogP) is 2.65. The summed E-state index contributed by atoms with van der Waals surface area (Å²) in [6.45, 7) is 2.84. The van der Waals surface area contributed by atoms with Gasteiger partial charge in [0.1, 0.15) is 24.3 Å². The van der Waals surface area contributed by atoms with Crippen LogP contribution in [-0.4, -0.2) is 52.4 Å². The quantitative estimate of drug-likeness (QED) is 0.634. The second kappa shape index (κ2) is 9.12. The van der Waals surface area contributed by atoms with Gasteiger partial charge in [0.05, 0.1) is 13.2 Å². The molecule has 0 atom stereocenters. The van der Waals surface area contributed by atoms with Gasteiger partial charge in [-0.2, -0.15) is 0 Å². The molecule has 1 aliphatic heterocycles. The first-order valence-corrected chi connectivity index (χ1v) is 10.0. The molecule has 11 heteroatoms. The standard InChI is InChI=1S/C18H17ClN6O3S/c19-13-3-1-12(2-4-13)10-28-18-24-23-17(29-18)22-16(26)14-9-20-11-21-15(14)25-5-7-27-8-6-25/h1-4,9,11H,5-8,10H2,(H,22,23,26). The minimum atomic E-state index is -0.354. The highest BCUT2D eigenvalue weighted by molar-refractivity contribution is 7.17. The van der Waals surface area contributed by atoms with Crippen LogP contribution in [0.25, 0.3) is 0 Å². The van der Waals surface area contributed by atoms with E-state index in [4.69, 9.17) is 21.1 Å². The van der Waals surface area contributed by atoms with Gasteiger partial charge in [0.2, 0.25) is 5.13 Å². The van der Waals surface area contributed by atoms with Gasteiger partial charge in [0, 0.05) is 24.3 Å². The van der Waals surface area contributed by atoms with Crippen molar-refractivity contribution in [3.05, 3.63) is 52.9 Å². The van der Waals surface area contributed by atoms with E-state index in [1.165, 1.54) is 12.5 Å². The third-order valence-electron chi connectivity index (χ3n) is 4.15. The van der Waals surface area contributed by atoms with Crippen molar-refractivity contribution in [3.63, 3.8) is 0 Å².